The molecule has 0 aliphatic carbocycles. The largest absolute Gasteiger partial charge is 0.309 e. The first kappa shape index (κ1) is 19.2. The number of halogens is 2. The molecule has 1 aromatic heterocycles. The number of pyridine rings is 1. The summed E-state index contributed by atoms with van der Waals surface area (Å²) < 4.78 is 0. The summed E-state index contributed by atoms with van der Waals surface area (Å²) in [7, 11) is 0. The number of aryl methyl sites for hydroxylation is 1. The molecule has 3 rings (SSSR count). The van der Waals surface area contributed by atoms with E-state index in [2.05, 4.69) is 66.3 Å². The van der Waals surface area contributed by atoms with Crippen LogP contribution in [0.15, 0.2) is 30.3 Å². The molecule has 2 atom stereocenters. The highest BCUT2D eigenvalue weighted by atomic mass is 35.5. The number of aromatic nitrogens is 1. The Labute approximate surface area is 145 Å². The minimum Gasteiger partial charge on any atom is -0.309 e. The van der Waals surface area contributed by atoms with Gasteiger partial charge in [0.2, 0.25) is 0 Å². The predicted octanol–water partition coefficient (Wildman–Crippen LogP) is 3.57. The van der Waals surface area contributed by atoms with Crippen molar-refractivity contribution in [2.75, 3.05) is 13.1 Å². The van der Waals surface area contributed by atoms with Gasteiger partial charge in [-0.05, 0) is 38.5 Å². The van der Waals surface area contributed by atoms with E-state index in [4.69, 9.17) is 0 Å². The van der Waals surface area contributed by atoms with Gasteiger partial charge in [0.05, 0.1) is 5.52 Å². The van der Waals surface area contributed by atoms with E-state index in [1.165, 1.54) is 10.9 Å². The maximum atomic E-state index is 4.63. The number of nitrogens with one attached hydrogen (secondary N) is 1. The van der Waals surface area contributed by atoms with Gasteiger partial charge in [-0.15, -0.1) is 24.8 Å². The molecule has 22 heavy (non-hydrogen) atoms. The first-order chi connectivity index (χ1) is 9.61. The highest BCUT2D eigenvalue weighted by Gasteiger charge is 2.21. The number of para-hydroxylation sites is 1. The maximum absolute atomic E-state index is 4.63. The normalized spacial score (nSPS) is 22.0. The molecule has 1 N–H and O–H groups in total. The molecule has 2 aromatic rings. The van der Waals surface area contributed by atoms with Crippen molar-refractivity contribution < 1.29 is 0 Å². The summed E-state index contributed by atoms with van der Waals surface area (Å²) >= 11 is 0. The van der Waals surface area contributed by atoms with Crippen LogP contribution in [0.1, 0.15) is 25.1 Å². The van der Waals surface area contributed by atoms with Gasteiger partial charge in [-0.3, -0.25) is 9.88 Å². The molecule has 0 spiro atoms. The van der Waals surface area contributed by atoms with Crippen molar-refractivity contribution in [3.05, 3.63) is 41.6 Å². The quantitative estimate of drug-likeness (QED) is 0.904. The molecule has 1 aliphatic rings. The number of hydrogen-bond acceptors (Lipinski definition) is 3. The maximum Gasteiger partial charge on any atom is 0.0708 e. The van der Waals surface area contributed by atoms with Crippen LogP contribution in [0.3, 0.4) is 0 Å². The van der Waals surface area contributed by atoms with Gasteiger partial charge < -0.3 is 5.32 Å². The van der Waals surface area contributed by atoms with E-state index < -0.39 is 0 Å². The third-order valence-corrected chi connectivity index (χ3v) is 3.96. The van der Waals surface area contributed by atoms with Gasteiger partial charge in [-0.2, -0.15) is 0 Å². The van der Waals surface area contributed by atoms with Crippen molar-refractivity contribution in [3.8, 4) is 0 Å². The van der Waals surface area contributed by atoms with Crippen molar-refractivity contribution in [1.82, 2.24) is 15.2 Å². The van der Waals surface area contributed by atoms with Crippen LogP contribution in [0.2, 0.25) is 0 Å². The van der Waals surface area contributed by atoms with E-state index in [1.807, 2.05) is 0 Å². The summed E-state index contributed by atoms with van der Waals surface area (Å²) in [6, 6.07) is 11.8. The summed E-state index contributed by atoms with van der Waals surface area (Å²) in [4.78, 5) is 7.18. The zero-order valence-electron chi connectivity index (χ0n) is 13.4. The molecule has 0 radical (unpaired) electrons. The molecule has 2 heterocycles. The second-order valence-electron chi connectivity index (χ2n) is 6.10. The Balaban J connectivity index is 0.00000121. The van der Waals surface area contributed by atoms with Crippen LogP contribution in [-0.2, 0) is 6.54 Å². The van der Waals surface area contributed by atoms with Gasteiger partial charge in [0.1, 0.15) is 0 Å². The van der Waals surface area contributed by atoms with Crippen LogP contribution >= 0.6 is 24.8 Å². The van der Waals surface area contributed by atoms with Crippen LogP contribution in [0.4, 0.5) is 0 Å². The second kappa shape index (κ2) is 8.11. The summed E-state index contributed by atoms with van der Waals surface area (Å²) in [5, 5.41) is 4.88. The highest BCUT2D eigenvalue weighted by Crippen LogP contribution is 2.20. The van der Waals surface area contributed by atoms with Gasteiger partial charge in [0.25, 0.3) is 0 Å². The molecular formula is C17H25Cl2N3. The molecule has 1 fully saturated rings. The van der Waals surface area contributed by atoms with E-state index in [9.17, 15) is 0 Å². The Morgan fingerprint density at radius 3 is 2.45 bits per heavy atom. The molecule has 0 saturated carbocycles. The predicted molar refractivity (Wildman–Crippen MR) is 98.3 cm³/mol. The fourth-order valence-corrected chi connectivity index (χ4v) is 3.34. The highest BCUT2D eigenvalue weighted by molar-refractivity contribution is 5.85. The monoisotopic (exact) mass is 341 g/mol. The van der Waals surface area contributed by atoms with Gasteiger partial charge in [-0.1, -0.05) is 18.2 Å². The van der Waals surface area contributed by atoms with E-state index in [0.717, 1.165) is 30.8 Å². The minimum absolute atomic E-state index is 0. The molecular weight excluding hydrogens is 317 g/mol. The van der Waals surface area contributed by atoms with Crippen LogP contribution in [0.5, 0.6) is 0 Å². The number of piperazine rings is 1. The Hall–Kier alpha value is -0.870. The van der Waals surface area contributed by atoms with E-state index in [-0.39, 0.29) is 24.8 Å². The summed E-state index contributed by atoms with van der Waals surface area (Å²) in [5.74, 6) is 0. The third kappa shape index (κ3) is 4.32. The van der Waals surface area contributed by atoms with Gasteiger partial charge in [-0.25, -0.2) is 0 Å². The molecule has 1 aromatic carbocycles. The minimum atomic E-state index is 0. The standard InChI is InChI=1S/C17H23N3.2ClH/c1-12-8-15(16-6-4-5-7-17(16)19-12)11-20-9-13(2)18-14(3)10-20;;/h4-8,13-14,18H,9-11H2,1-3H3;2*1H. The smallest absolute Gasteiger partial charge is 0.0708 e. The first-order valence-corrected chi connectivity index (χ1v) is 7.45. The molecule has 3 nitrogen and oxygen atoms in total. The van der Waals surface area contributed by atoms with E-state index in [1.54, 1.807) is 0 Å². The number of hydrogen-bond donors (Lipinski definition) is 1. The zero-order chi connectivity index (χ0) is 14.1. The van der Waals surface area contributed by atoms with Crippen LogP contribution in [0, 0.1) is 6.92 Å². The van der Waals surface area contributed by atoms with Gasteiger partial charge >= 0.3 is 0 Å². The van der Waals surface area contributed by atoms with E-state index >= 15 is 0 Å². The molecule has 1 aliphatic heterocycles. The summed E-state index contributed by atoms with van der Waals surface area (Å²) in [6.07, 6.45) is 0. The fourth-order valence-electron chi connectivity index (χ4n) is 3.34. The average molecular weight is 342 g/mol. The van der Waals surface area contributed by atoms with Crippen LogP contribution in [0.25, 0.3) is 10.9 Å². The fraction of sp³-hybridized carbons (Fsp3) is 0.471. The lowest BCUT2D eigenvalue weighted by Gasteiger charge is -2.36. The average Bonchev–Trinajstić information content (AvgIpc) is 2.37. The Morgan fingerprint density at radius 1 is 1.14 bits per heavy atom. The number of rotatable bonds is 2. The SMILES string of the molecule is Cc1cc(CN2CC(C)NC(C)C2)c2ccccc2n1.Cl.Cl. The lowest BCUT2D eigenvalue weighted by Crippen LogP contribution is -2.53. The topological polar surface area (TPSA) is 28.2 Å². The third-order valence-electron chi connectivity index (χ3n) is 3.96. The Morgan fingerprint density at radius 2 is 1.77 bits per heavy atom. The lowest BCUT2D eigenvalue weighted by atomic mass is 10.1. The molecule has 1 saturated heterocycles. The van der Waals surface area contributed by atoms with Gasteiger partial charge in [0.15, 0.2) is 0 Å². The zero-order valence-corrected chi connectivity index (χ0v) is 15.0. The van der Waals surface area contributed by atoms with Crippen molar-refractivity contribution in [2.24, 2.45) is 0 Å². The van der Waals surface area contributed by atoms with Crippen molar-refractivity contribution in [2.45, 2.75) is 39.4 Å². The van der Waals surface area contributed by atoms with Crippen LogP contribution in [-0.4, -0.2) is 35.1 Å². The lowest BCUT2D eigenvalue weighted by molar-refractivity contribution is 0.167. The molecule has 5 heteroatoms. The molecule has 0 bridgehead atoms. The Kier molecular flexibility index (Phi) is 7.07. The number of nitrogens with zero attached hydrogens (tertiary/aromatic N) is 2. The van der Waals surface area contributed by atoms with Crippen LogP contribution < -0.4 is 5.32 Å². The van der Waals surface area contributed by atoms with E-state index in [0.29, 0.717) is 12.1 Å². The van der Waals surface area contributed by atoms with Crippen molar-refractivity contribution in [1.29, 1.82) is 0 Å². The summed E-state index contributed by atoms with van der Waals surface area (Å²) in [6.45, 7) is 9.84. The molecule has 2 unspecified atom stereocenters. The second-order valence-corrected chi connectivity index (χ2v) is 6.10. The number of benzene rings is 1. The number of fused-ring (bicyclic) bond motifs is 1. The molecule has 122 valence electrons. The first-order valence-electron chi connectivity index (χ1n) is 7.45. The molecule has 0 amide bonds. The summed E-state index contributed by atoms with van der Waals surface area (Å²) in [5.41, 5.74) is 3.61. The Bertz CT molecular complexity index is 608. The van der Waals surface area contributed by atoms with Gasteiger partial charge in [0, 0.05) is 42.8 Å². The van der Waals surface area contributed by atoms with Crippen molar-refractivity contribution in [3.63, 3.8) is 0 Å². The van der Waals surface area contributed by atoms with Crippen molar-refractivity contribution >= 4 is 35.7 Å².